The van der Waals surface area contributed by atoms with Gasteiger partial charge in [0, 0.05) is 0 Å². The molecule has 0 bridgehead atoms. The lowest BCUT2D eigenvalue weighted by Gasteiger charge is -2.14. The molecule has 7 heteroatoms. The topological polar surface area (TPSA) is 107 Å². The first-order valence-electron chi connectivity index (χ1n) is 3.20. The van der Waals surface area contributed by atoms with E-state index in [4.69, 9.17) is 14.9 Å². The molecule has 1 radical (unpaired) electrons. The molecule has 0 heterocycles. The van der Waals surface area contributed by atoms with Crippen molar-refractivity contribution in [3.05, 3.63) is 0 Å². The van der Waals surface area contributed by atoms with Crippen LogP contribution in [-0.2, 0) is 9.36 Å². The first-order chi connectivity index (χ1) is 5.37. The molecule has 0 amide bonds. The number of aliphatic hydroxyl groups excluding tert-OH is 1. The summed E-state index contributed by atoms with van der Waals surface area (Å²) in [5, 5.41) is 11.0. The maximum absolute atomic E-state index is 10.3. The first kappa shape index (κ1) is 11.7. The van der Waals surface area contributed by atoms with Gasteiger partial charge in [0.2, 0.25) is 6.29 Å². The average molecular weight is 196 g/mol. The minimum Gasteiger partial charge on any atom is -0.391 e. The zero-order valence-corrected chi connectivity index (χ0v) is 7.36. The predicted molar refractivity (Wildman–Crippen MR) is 41.2 cm³/mol. The van der Waals surface area contributed by atoms with Gasteiger partial charge >= 0.3 is 7.60 Å². The van der Waals surface area contributed by atoms with Gasteiger partial charge in [0.25, 0.3) is 0 Å². The molecule has 0 aliphatic carbocycles. The Morgan fingerprint density at radius 3 is 2.33 bits per heavy atom. The fraction of sp³-hybridized carbons (Fsp3) is 0.800. The molecule has 0 rings (SSSR count). The van der Waals surface area contributed by atoms with Crippen molar-refractivity contribution in [3.8, 4) is 0 Å². The van der Waals surface area contributed by atoms with Crippen LogP contribution in [0.25, 0.3) is 0 Å². The second kappa shape index (κ2) is 4.69. The van der Waals surface area contributed by atoms with Gasteiger partial charge in [-0.3, -0.25) is 14.7 Å². The highest BCUT2D eigenvalue weighted by Gasteiger charge is 2.19. The lowest BCUT2D eigenvalue weighted by molar-refractivity contribution is 0.171. The Labute approximate surface area is 69.8 Å². The highest BCUT2D eigenvalue weighted by Crippen LogP contribution is 2.32. The molecule has 0 aromatic rings. The second-order valence-corrected chi connectivity index (χ2v) is 4.01. The summed E-state index contributed by atoms with van der Waals surface area (Å²) in [4.78, 5) is 26.8. The standard InChI is InChI=1S/C5H11NO5P/c1-4(8)5(2-7)6-3-12(9,10)11/h4-6,8H,3H2,1H3,(H2,9,10,11). The smallest absolute Gasteiger partial charge is 0.339 e. The SMILES string of the molecule is CC(O)C([C]=O)NCP(=O)(O)O. The van der Waals surface area contributed by atoms with Crippen molar-refractivity contribution < 1.29 is 24.3 Å². The van der Waals surface area contributed by atoms with Crippen LogP contribution in [0.2, 0.25) is 0 Å². The van der Waals surface area contributed by atoms with Gasteiger partial charge in [0.1, 0.15) is 6.04 Å². The highest BCUT2D eigenvalue weighted by atomic mass is 31.2. The molecule has 0 aromatic heterocycles. The molecule has 12 heavy (non-hydrogen) atoms. The Hall–Kier alpha value is -0.260. The Bertz CT molecular complexity index is 188. The molecule has 4 N–H and O–H groups in total. The normalized spacial score (nSPS) is 17.0. The number of nitrogens with one attached hydrogen (secondary N) is 1. The monoisotopic (exact) mass is 196 g/mol. The lowest BCUT2D eigenvalue weighted by Crippen LogP contribution is -2.39. The third kappa shape index (κ3) is 5.40. The summed E-state index contributed by atoms with van der Waals surface area (Å²) in [5.41, 5.74) is 0. The van der Waals surface area contributed by atoms with Crippen LogP contribution in [0.5, 0.6) is 0 Å². The summed E-state index contributed by atoms with van der Waals surface area (Å²) < 4.78 is 10.3. The van der Waals surface area contributed by atoms with E-state index in [1.54, 1.807) is 0 Å². The summed E-state index contributed by atoms with van der Waals surface area (Å²) in [7, 11) is -4.17. The summed E-state index contributed by atoms with van der Waals surface area (Å²) in [6.45, 7) is 1.32. The van der Waals surface area contributed by atoms with Crippen LogP contribution in [0.15, 0.2) is 0 Å². The first-order valence-corrected chi connectivity index (χ1v) is 5.00. The van der Waals surface area contributed by atoms with Crippen molar-refractivity contribution in [2.75, 3.05) is 6.29 Å². The molecular weight excluding hydrogens is 185 g/mol. The molecule has 2 atom stereocenters. The van der Waals surface area contributed by atoms with Crippen molar-refractivity contribution in [3.63, 3.8) is 0 Å². The molecule has 2 unspecified atom stereocenters. The van der Waals surface area contributed by atoms with Crippen LogP contribution >= 0.6 is 7.60 Å². The largest absolute Gasteiger partial charge is 0.391 e. The lowest BCUT2D eigenvalue weighted by atomic mass is 10.2. The molecule has 0 aliphatic heterocycles. The Morgan fingerprint density at radius 1 is 1.58 bits per heavy atom. The van der Waals surface area contributed by atoms with Crippen molar-refractivity contribution >= 4 is 13.9 Å². The van der Waals surface area contributed by atoms with E-state index in [0.29, 0.717) is 0 Å². The third-order valence-corrected chi connectivity index (χ3v) is 1.72. The fourth-order valence-corrected chi connectivity index (χ4v) is 0.962. The van der Waals surface area contributed by atoms with Crippen LogP contribution in [0.1, 0.15) is 6.92 Å². The third-order valence-electron chi connectivity index (χ3n) is 1.13. The van der Waals surface area contributed by atoms with E-state index in [2.05, 4.69) is 5.32 Å². The number of hydrogen-bond acceptors (Lipinski definition) is 4. The number of carbonyl (C=O) groups excluding carboxylic acids is 1. The van der Waals surface area contributed by atoms with Gasteiger partial charge in [0.15, 0.2) is 0 Å². The molecule has 6 nitrogen and oxygen atoms in total. The van der Waals surface area contributed by atoms with E-state index < -0.39 is 26.0 Å². The van der Waals surface area contributed by atoms with E-state index >= 15 is 0 Å². The quantitative estimate of drug-likeness (QED) is 0.401. The van der Waals surface area contributed by atoms with Gasteiger partial charge in [-0.15, -0.1) is 0 Å². The van der Waals surface area contributed by atoms with Crippen LogP contribution in [0.4, 0.5) is 0 Å². The minimum atomic E-state index is -4.17. The molecule has 0 aliphatic rings. The Morgan fingerprint density at radius 2 is 2.08 bits per heavy atom. The van der Waals surface area contributed by atoms with Gasteiger partial charge in [-0.1, -0.05) is 0 Å². The zero-order valence-electron chi connectivity index (χ0n) is 6.47. The summed E-state index contributed by atoms with van der Waals surface area (Å²) in [5.74, 6) is 0. The van der Waals surface area contributed by atoms with Crippen molar-refractivity contribution in [1.29, 1.82) is 0 Å². The van der Waals surface area contributed by atoms with Crippen LogP contribution in [-0.4, -0.2) is 39.6 Å². The van der Waals surface area contributed by atoms with Gasteiger partial charge in [0.05, 0.1) is 12.4 Å². The summed E-state index contributed by atoms with van der Waals surface area (Å²) in [6, 6.07) is -1.06. The van der Waals surface area contributed by atoms with Gasteiger partial charge < -0.3 is 14.9 Å². The Balaban J connectivity index is 3.90. The fourth-order valence-electron chi connectivity index (χ4n) is 0.528. The van der Waals surface area contributed by atoms with E-state index in [1.165, 1.54) is 13.2 Å². The second-order valence-electron chi connectivity index (χ2n) is 2.36. The minimum absolute atomic E-state index is 0.641. The average Bonchev–Trinajstić information content (AvgIpc) is 1.85. The van der Waals surface area contributed by atoms with E-state index in [1.807, 2.05) is 0 Å². The van der Waals surface area contributed by atoms with E-state index in [0.717, 1.165) is 0 Å². The molecule has 0 fully saturated rings. The van der Waals surface area contributed by atoms with E-state index in [-0.39, 0.29) is 0 Å². The van der Waals surface area contributed by atoms with Crippen molar-refractivity contribution in [1.82, 2.24) is 5.32 Å². The molecule has 0 saturated carbocycles. The predicted octanol–water partition coefficient (Wildman–Crippen LogP) is -1.43. The van der Waals surface area contributed by atoms with Crippen LogP contribution < -0.4 is 5.32 Å². The van der Waals surface area contributed by atoms with Gasteiger partial charge in [-0.05, 0) is 6.92 Å². The van der Waals surface area contributed by atoms with Crippen molar-refractivity contribution in [2.24, 2.45) is 0 Å². The zero-order chi connectivity index (χ0) is 9.78. The molecular formula is C5H11NO5P. The molecule has 0 spiro atoms. The summed E-state index contributed by atoms with van der Waals surface area (Å²) in [6.07, 6.45) is -0.241. The number of rotatable bonds is 5. The maximum atomic E-state index is 10.3. The number of hydrogen-bond donors (Lipinski definition) is 4. The number of aliphatic hydroxyl groups is 1. The highest BCUT2D eigenvalue weighted by molar-refractivity contribution is 7.51. The Kier molecular flexibility index (Phi) is 4.59. The van der Waals surface area contributed by atoms with Gasteiger partial charge in [-0.25, -0.2) is 0 Å². The molecule has 0 saturated heterocycles. The van der Waals surface area contributed by atoms with Crippen LogP contribution in [0.3, 0.4) is 0 Å². The van der Waals surface area contributed by atoms with Crippen molar-refractivity contribution in [2.45, 2.75) is 19.1 Å². The molecule has 71 valence electrons. The molecule has 0 aromatic carbocycles. The van der Waals surface area contributed by atoms with E-state index in [9.17, 15) is 9.36 Å². The van der Waals surface area contributed by atoms with Crippen LogP contribution in [0, 0.1) is 0 Å². The maximum Gasteiger partial charge on any atom is 0.339 e. The summed E-state index contributed by atoms with van der Waals surface area (Å²) >= 11 is 0. The van der Waals surface area contributed by atoms with Gasteiger partial charge in [-0.2, -0.15) is 0 Å².